The van der Waals surface area contributed by atoms with Gasteiger partial charge in [0.05, 0.1) is 5.69 Å². The predicted octanol–water partition coefficient (Wildman–Crippen LogP) is 1.78. The van der Waals surface area contributed by atoms with Crippen molar-refractivity contribution in [2.24, 2.45) is 0 Å². The highest BCUT2D eigenvalue weighted by molar-refractivity contribution is 6.02. The summed E-state index contributed by atoms with van der Waals surface area (Å²) in [4.78, 5) is 37.8. The molecule has 2 aromatic rings. The van der Waals surface area contributed by atoms with Crippen molar-refractivity contribution in [3.63, 3.8) is 0 Å². The Hall–Kier alpha value is -3.16. The lowest BCUT2D eigenvalue weighted by atomic mass is 10.1. The molecule has 2 aliphatic heterocycles. The molecular formula is C22H25N5O3. The van der Waals surface area contributed by atoms with E-state index in [1.54, 1.807) is 0 Å². The van der Waals surface area contributed by atoms with E-state index in [-0.39, 0.29) is 31.0 Å². The number of ether oxygens (including phenoxy) is 1. The van der Waals surface area contributed by atoms with Gasteiger partial charge in [0.25, 0.3) is 5.91 Å². The van der Waals surface area contributed by atoms with Gasteiger partial charge in [-0.2, -0.15) is 0 Å². The fraction of sp³-hybridized carbons (Fsp3) is 0.455. The molecule has 0 spiro atoms. The SMILES string of the molecule is Cc1ccc2c(c1)N(CC(=O)NC1CCN(c3nccc(C4CC4)n3)C1)C(=O)CO2. The van der Waals surface area contributed by atoms with Crippen LogP contribution in [0, 0.1) is 6.92 Å². The third-order valence-corrected chi connectivity index (χ3v) is 5.86. The second kappa shape index (κ2) is 7.59. The molecule has 1 saturated carbocycles. The summed E-state index contributed by atoms with van der Waals surface area (Å²) < 4.78 is 5.49. The fourth-order valence-corrected chi connectivity index (χ4v) is 4.08. The van der Waals surface area contributed by atoms with Gasteiger partial charge in [0.2, 0.25) is 11.9 Å². The number of aromatic nitrogens is 2. The molecule has 1 unspecified atom stereocenters. The van der Waals surface area contributed by atoms with Crippen molar-refractivity contribution < 1.29 is 14.3 Å². The molecule has 0 bridgehead atoms. The zero-order valence-electron chi connectivity index (χ0n) is 17.0. The number of carbonyl (C=O) groups excluding carboxylic acids is 2. The minimum Gasteiger partial charge on any atom is -0.482 e. The number of hydrogen-bond acceptors (Lipinski definition) is 6. The van der Waals surface area contributed by atoms with Crippen LogP contribution in [0.2, 0.25) is 0 Å². The molecule has 3 heterocycles. The number of hydrogen-bond donors (Lipinski definition) is 1. The highest BCUT2D eigenvalue weighted by atomic mass is 16.5. The van der Waals surface area contributed by atoms with Gasteiger partial charge in [-0.05, 0) is 49.9 Å². The molecule has 1 saturated heterocycles. The molecular weight excluding hydrogens is 382 g/mol. The van der Waals surface area contributed by atoms with E-state index in [2.05, 4.69) is 15.2 Å². The van der Waals surface area contributed by atoms with E-state index in [4.69, 9.17) is 9.72 Å². The number of rotatable bonds is 5. The second-order valence-electron chi connectivity index (χ2n) is 8.29. The summed E-state index contributed by atoms with van der Waals surface area (Å²) in [6.07, 6.45) is 5.07. The largest absolute Gasteiger partial charge is 0.482 e. The summed E-state index contributed by atoms with van der Waals surface area (Å²) in [6, 6.07) is 7.66. The van der Waals surface area contributed by atoms with Gasteiger partial charge in [0.15, 0.2) is 6.61 Å². The number of nitrogens with one attached hydrogen (secondary N) is 1. The van der Waals surface area contributed by atoms with Crippen LogP contribution in [0.1, 0.15) is 36.4 Å². The first-order valence-corrected chi connectivity index (χ1v) is 10.5. The molecule has 156 valence electrons. The molecule has 8 heteroatoms. The maximum absolute atomic E-state index is 12.7. The van der Waals surface area contributed by atoms with Crippen molar-refractivity contribution in [2.45, 2.75) is 38.1 Å². The maximum Gasteiger partial charge on any atom is 0.265 e. The van der Waals surface area contributed by atoms with E-state index >= 15 is 0 Å². The van der Waals surface area contributed by atoms with Crippen LogP contribution < -0.4 is 19.9 Å². The summed E-state index contributed by atoms with van der Waals surface area (Å²) >= 11 is 0. The smallest absolute Gasteiger partial charge is 0.265 e. The zero-order valence-corrected chi connectivity index (χ0v) is 17.0. The Morgan fingerprint density at radius 2 is 2.13 bits per heavy atom. The Morgan fingerprint density at radius 1 is 1.27 bits per heavy atom. The van der Waals surface area contributed by atoms with Gasteiger partial charge in [-0.1, -0.05) is 6.07 Å². The molecule has 8 nitrogen and oxygen atoms in total. The molecule has 1 aromatic carbocycles. The summed E-state index contributed by atoms with van der Waals surface area (Å²) in [6.45, 7) is 3.37. The summed E-state index contributed by atoms with van der Waals surface area (Å²) in [5.41, 5.74) is 2.78. The molecule has 5 rings (SSSR count). The van der Waals surface area contributed by atoms with Gasteiger partial charge >= 0.3 is 0 Å². The van der Waals surface area contributed by atoms with Crippen LogP contribution in [0.3, 0.4) is 0 Å². The van der Waals surface area contributed by atoms with Gasteiger partial charge in [0.1, 0.15) is 12.3 Å². The van der Waals surface area contributed by atoms with E-state index in [1.165, 1.54) is 17.7 Å². The van der Waals surface area contributed by atoms with Crippen LogP contribution in [-0.2, 0) is 9.59 Å². The number of aryl methyl sites for hydroxylation is 1. The molecule has 1 N–H and O–H groups in total. The normalized spacial score (nSPS) is 20.7. The van der Waals surface area contributed by atoms with Crippen molar-refractivity contribution in [1.29, 1.82) is 0 Å². The number of nitrogens with zero attached hydrogens (tertiary/aromatic N) is 4. The Bertz CT molecular complexity index is 990. The molecule has 2 amide bonds. The van der Waals surface area contributed by atoms with E-state index in [0.717, 1.165) is 30.2 Å². The van der Waals surface area contributed by atoms with Crippen molar-refractivity contribution in [3.8, 4) is 5.75 Å². The number of amides is 2. The second-order valence-corrected chi connectivity index (χ2v) is 8.29. The van der Waals surface area contributed by atoms with E-state index < -0.39 is 0 Å². The van der Waals surface area contributed by atoms with Crippen LogP contribution in [0.15, 0.2) is 30.5 Å². The van der Waals surface area contributed by atoms with Crippen molar-refractivity contribution in [2.75, 3.05) is 36.0 Å². The summed E-state index contributed by atoms with van der Waals surface area (Å²) in [5.74, 6) is 1.58. The third kappa shape index (κ3) is 3.81. The highest BCUT2D eigenvalue weighted by Gasteiger charge is 2.31. The average molecular weight is 407 g/mol. The minimum atomic E-state index is -0.207. The van der Waals surface area contributed by atoms with Gasteiger partial charge in [-0.15, -0.1) is 0 Å². The van der Waals surface area contributed by atoms with Crippen LogP contribution in [0.4, 0.5) is 11.6 Å². The lowest BCUT2D eigenvalue weighted by molar-refractivity contribution is -0.125. The molecule has 30 heavy (non-hydrogen) atoms. The maximum atomic E-state index is 12.7. The molecule has 0 radical (unpaired) electrons. The number of carbonyl (C=O) groups is 2. The lowest BCUT2D eigenvalue weighted by Gasteiger charge is -2.29. The van der Waals surface area contributed by atoms with E-state index in [0.29, 0.717) is 23.9 Å². The molecule has 2 fully saturated rings. The standard InChI is InChI=1S/C22H25N5O3/c1-14-2-5-19-18(10-14)27(21(29)13-30-19)12-20(28)24-16-7-9-26(11-16)22-23-8-6-17(25-22)15-3-4-15/h2,5-6,8,10,15-16H,3-4,7,9,11-13H2,1H3,(H,24,28). The topological polar surface area (TPSA) is 87.7 Å². The monoisotopic (exact) mass is 407 g/mol. The van der Waals surface area contributed by atoms with Gasteiger partial charge in [0, 0.05) is 36.9 Å². The number of anilines is 2. The van der Waals surface area contributed by atoms with Crippen LogP contribution in [-0.4, -0.2) is 54.1 Å². The van der Waals surface area contributed by atoms with Crippen LogP contribution >= 0.6 is 0 Å². The van der Waals surface area contributed by atoms with E-state index in [9.17, 15) is 9.59 Å². The van der Waals surface area contributed by atoms with Crippen molar-refractivity contribution in [1.82, 2.24) is 15.3 Å². The molecule has 3 aliphatic rings. The first-order valence-electron chi connectivity index (χ1n) is 10.5. The minimum absolute atomic E-state index is 0.0111. The van der Waals surface area contributed by atoms with Crippen molar-refractivity contribution >= 4 is 23.5 Å². The molecule has 1 aromatic heterocycles. The fourth-order valence-electron chi connectivity index (χ4n) is 4.08. The van der Waals surface area contributed by atoms with E-state index in [1.807, 2.05) is 37.4 Å². The number of benzene rings is 1. The van der Waals surface area contributed by atoms with Gasteiger partial charge < -0.3 is 15.0 Å². The molecule has 1 atom stereocenters. The first kappa shape index (κ1) is 18.8. The predicted molar refractivity (Wildman–Crippen MR) is 112 cm³/mol. The third-order valence-electron chi connectivity index (χ3n) is 5.86. The Balaban J connectivity index is 1.21. The quantitative estimate of drug-likeness (QED) is 0.813. The Kier molecular flexibility index (Phi) is 4.77. The Labute approximate surface area is 175 Å². The summed E-state index contributed by atoms with van der Waals surface area (Å²) in [5, 5.41) is 3.07. The van der Waals surface area contributed by atoms with Gasteiger partial charge in [-0.25, -0.2) is 9.97 Å². The Morgan fingerprint density at radius 3 is 2.97 bits per heavy atom. The summed E-state index contributed by atoms with van der Waals surface area (Å²) in [7, 11) is 0. The number of fused-ring (bicyclic) bond motifs is 1. The zero-order chi connectivity index (χ0) is 20.7. The van der Waals surface area contributed by atoms with Crippen LogP contribution in [0.5, 0.6) is 5.75 Å². The van der Waals surface area contributed by atoms with Gasteiger partial charge in [-0.3, -0.25) is 14.5 Å². The lowest BCUT2D eigenvalue weighted by Crippen LogP contribution is -2.47. The molecule has 1 aliphatic carbocycles. The highest BCUT2D eigenvalue weighted by Crippen LogP contribution is 2.39. The first-order chi connectivity index (χ1) is 14.6. The van der Waals surface area contributed by atoms with Crippen LogP contribution in [0.25, 0.3) is 0 Å². The van der Waals surface area contributed by atoms with Crippen molar-refractivity contribution in [3.05, 3.63) is 41.7 Å². The average Bonchev–Trinajstić information content (AvgIpc) is 3.50.